The quantitative estimate of drug-likeness (QED) is 0.823. The number of carbonyl (C=O) groups is 1. The summed E-state index contributed by atoms with van der Waals surface area (Å²) in [6, 6.07) is 10.6. The third-order valence-electron chi connectivity index (χ3n) is 4.94. The third-order valence-corrected chi connectivity index (χ3v) is 7.86. The van der Waals surface area contributed by atoms with Crippen molar-refractivity contribution in [1.82, 2.24) is 14.5 Å². The molecule has 0 radical (unpaired) electrons. The minimum atomic E-state index is -3.60. The summed E-state index contributed by atoms with van der Waals surface area (Å²) in [4.78, 5) is 16.0. The maximum atomic E-state index is 13.0. The normalized spacial score (nSPS) is 18.4. The van der Waals surface area contributed by atoms with Crippen LogP contribution in [0.15, 0.2) is 46.7 Å². The second-order valence-electron chi connectivity index (χ2n) is 6.97. The molecule has 0 unspecified atom stereocenters. The summed E-state index contributed by atoms with van der Waals surface area (Å²) in [6.07, 6.45) is 0.904. The zero-order chi connectivity index (χ0) is 20.0. The lowest BCUT2D eigenvalue weighted by Gasteiger charge is -2.24. The van der Waals surface area contributed by atoms with E-state index in [1.165, 1.54) is 14.7 Å². The molecule has 2 aromatic rings. The monoisotopic (exact) mass is 421 g/mol. The van der Waals surface area contributed by atoms with Gasteiger partial charge in [0.15, 0.2) is 0 Å². The lowest BCUT2D eigenvalue weighted by Crippen LogP contribution is -2.36. The van der Waals surface area contributed by atoms with E-state index in [0.29, 0.717) is 13.1 Å². The molecule has 1 amide bonds. The summed E-state index contributed by atoms with van der Waals surface area (Å²) in [5, 5.41) is 5.01. The lowest BCUT2D eigenvalue weighted by molar-refractivity contribution is -0.121. The van der Waals surface area contributed by atoms with Crippen molar-refractivity contribution in [1.29, 1.82) is 0 Å². The zero-order valence-electron chi connectivity index (χ0n) is 16.1. The molecule has 1 aliphatic heterocycles. The molecule has 1 aromatic heterocycles. The summed E-state index contributed by atoms with van der Waals surface area (Å²) < 4.78 is 27.5. The highest BCUT2D eigenvalue weighted by Crippen LogP contribution is 2.19. The number of hydrogen-bond donors (Lipinski definition) is 1. The van der Waals surface area contributed by atoms with E-state index in [2.05, 4.69) is 28.6 Å². The van der Waals surface area contributed by atoms with Crippen LogP contribution in [0.2, 0.25) is 0 Å². The van der Waals surface area contributed by atoms with Crippen LogP contribution in [0, 0.1) is 6.92 Å². The van der Waals surface area contributed by atoms with E-state index in [0.717, 1.165) is 26.1 Å². The van der Waals surface area contributed by atoms with Crippen LogP contribution in [0.5, 0.6) is 0 Å². The van der Waals surface area contributed by atoms with Gasteiger partial charge in [-0.25, -0.2) is 8.42 Å². The highest BCUT2D eigenvalue weighted by molar-refractivity contribution is 7.89. The topological polar surface area (TPSA) is 69.7 Å². The van der Waals surface area contributed by atoms with Crippen LogP contribution >= 0.6 is 11.3 Å². The number of nitrogens with one attached hydrogen (secondary N) is 1. The Morgan fingerprint density at radius 3 is 2.57 bits per heavy atom. The molecule has 152 valence electrons. The highest BCUT2D eigenvalue weighted by Gasteiger charge is 2.25. The molecule has 0 atom stereocenters. The number of thiophene rings is 1. The summed E-state index contributed by atoms with van der Waals surface area (Å²) in [6.45, 7) is 5.66. The third kappa shape index (κ3) is 5.41. The summed E-state index contributed by atoms with van der Waals surface area (Å²) >= 11 is 1.74. The first-order chi connectivity index (χ1) is 13.5. The van der Waals surface area contributed by atoms with Gasteiger partial charge in [-0.05, 0) is 49.0 Å². The van der Waals surface area contributed by atoms with Gasteiger partial charge >= 0.3 is 0 Å². The lowest BCUT2D eigenvalue weighted by atomic mass is 10.2. The fourth-order valence-corrected chi connectivity index (χ4v) is 5.72. The minimum absolute atomic E-state index is 0.109. The Kier molecular flexibility index (Phi) is 7.23. The van der Waals surface area contributed by atoms with Gasteiger partial charge in [0.25, 0.3) is 0 Å². The molecule has 6 nitrogen and oxygen atoms in total. The van der Waals surface area contributed by atoms with Crippen molar-refractivity contribution in [3.8, 4) is 0 Å². The van der Waals surface area contributed by atoms with E-state index >= 15 is 0 Å². The smallest absolute Gasteiger partial charge is 0.243 e. The number of hydrogen-bond acceptors (Lipinski definition) is 5. The van der Waals surface area contributed by atoms with Gasteiger partial charge in [0, 0.05) is 44.0 Å². The maximum absolute atomic E-state index is 13.0. The van der Waals surface area contributed by atoms with Crippen molar-refractivity contribution in [2.45, 2.75) is 31.2 Å². The number of sulfonamides is 1. The van der Waals surface area contributed by atoms with Gasteiger partial charge in [-0.15, -0.1) is 11.3 Å². The molecule has 3 rings (SSSR count). The Balaban J connectivity index is 1.73. The number of rotatable bonds is 4. The van der Waals surface area contributed by atoms with Gasteiger partial charge in [0.2, 0.25) is 15.9 Å². The first-order valence-electron chi connectivity index (χ1n) is 9.54. The van der Waals surface area contributed by atoms with Crippen LogP contribution in [0.25, 0.3) is 0 Å². The number of carbonyl (C=O) groups excluding carboxylic acids is 1. The number of aryl methyl sites for hydroxylation is 1. The standard InChI is InChI=1S/C20H27N3O3S2/c1-17-9-15-27-19(17)16-22-11-5-12-23(13-8-20(24)21-10-14-22)28(25,26)18-6-3-2-4-7-18/h2-4,6-7,9,15H,5,8,10-14,16H2,1H3,(H,21,24). The van der Waals surface area contributed by atoms with Crippen LogP contribution in [0.4, 0.5) is 0 Å². The second kappa shape index (κ2) is 9.65. The highest BCUT2D eigenvalue weighted by atomic mass is 32.2. The van der Waals surface area contributed by atoms with Crippen LogP contribution in [-0.4, -0.2) is 56.3 Å². The van der Waals surface area contributed by atoms with Crippen LogP contribution in [-0.2, 0) is 21.4 Å². The maximum Gasteiger partial charge on any atom is 0.243 e. The van der Waals surface area contributed by atoms with Gasteiger partial charge in [-0.2, -0.15) is 4.31 Å². The molecule has 28 heavy (non-hydrogen) atoms. The molecular weight excluding hydrogens is 394 g/mol. The molecule has 8 heteroatoms. The second-order valence-corrected chi connectivity index (χ2v) is 9.91. The Morgan fingerprint density at radius 1 is 1.07 bits per heavy atom. The Morgan fingerprint density at radius 2 is 1.86 bits per heavy atom. The van der Waals surface area contributed by atoms with Gasteiger partial charge in [-0.3, -0.25) is 9.69 Å². The van der Waals surface area contributed by atoms with Crippen molar-refractivity contribution in [2.75, 3.05) is 32.7 Å². The van der Waals surface area contributed by atoms with Crippen LogP contribution < -0.4 is 5.32 Å². The number of amides is 1. The molecule has 1 aromatic carbocycles. The average Bonchev–Trinajstić information content (AvgIpc) is 3.07. The van der Waals surface area contributed by atoms with E-state index in [-0.39, 0.29) is 23.8 Å². The Hall–Kier alpha value is -1.74. The van der Waals surface area contributed by atoms with Crippen LogP contribution in [0.1, 0.15) is 23.3 Å². The molecule has 1 aliphatic rings. The fraction of sp³-hybridized carbons (Fsp3) is 0.450. The minimum Gasteiger partial charge on any atom is -0.355 e. The van der Waals surface area contributed by atoms with E-state index < -0.39 is 10.0 Å². The van der Waals surface area contributed by atoms with E-state index in [1.807, 2.05) is 0 Å². The van der Waals surface area contributed by atoms with Crippen molar-refractivity contribution in [3.63, 3.8) is 0 Å². The molecule has 1 saturated heterocycles. The van der Waals surface area contributed by atoms with Gasteiger partial charge in [0.1, 0.15) is 0 Å². The van der Waals surface area contributed by atoms with E-state index in [4.69, 9.17) is 0 Å². The van der Waals surface area contributed by atoms with E-state index in [1.54, 1.807) is 41.7 Å². The molecule has 0 bridgehead atoms. The Labute approximate surface area is 171 Å². The molecular formula is C20H27N3O3S2. The summed E-state index contributed by atoms with van der Waals surface area (Å²) in [7, 11) is -3.60. The molecule has 1 fully saturated rings. The van der Waals surface area contributed by atoms with Crippen molar-refractivity contribution in [2.24, 2.45) is 0 Å². The van der Waals surface area contributed by atoms with Gasteiger partial charge < -0.3 is 5.32 Å². The first kappa shape index (κ1) is 21.0. The number of nitrogens with zero attached hydrogens (tertiary/aromatic N) is 2. The zero-order valence-corrected chi connectivity index (χ0v) is 17.8. The molecule has 0 saturated carbocycles. The average molecular weight is 422 g/mol. The fourth-order valence-electron chi connectivity index (χ4n) is 3.27. The van der Waals surface area contributed by atoms with Gasteiger partial charge in [0.05, 0.1) is 4.90 Å². The SMILES string of the molecule is Cc1ccsc1CN1CCCN(S(=O)(=O)c2ccccc2)CCC(=O)NCC1. The van der Waals surface area contributed by atoms with Crippen molar-refractivity contribution in [3.05, 3.63) is 52.2 Å². The predicted octanol–water partition coefficient (Wildman–Crippen LogP) is 2.46. The largest absolute Gasteiger partial charge is 0.355 e. The van der Waals surface area contributed by atoms with Crippen molar-refractivity contribution < 1.29 is 13.2 Å². The molecule has 0 aliphatic carbocycles. The van der Waals surface area contributed by atoms with E-state index in [9.17, 15) is 13.2 Å². The first-order valence-corrected chi connectivity index (χ1v) is 11.9. The molecule has 2 heterocycles. The van der Waals surface area contributed by atoms with Crippen molar-refractivity contribution >= 4 is 27.3 Å². The molecule has 1 N–H and O–H groups in total. The van der Waals surface area contributed by atoms with Gasteiger partial charge in [-0.1, -0.05) is 18.2 Å². The summed E-state index contributed by atoms with van der Waals surface area (Å²) in [5.41, 5.74) is 1.27. The summed E-state index contributed by atoms with van der Waals surface area (Å²) in [5.74, 6) is -0.109. The molecule has 0 spiro atoms. The van der Waals surface area contributed by atoms with Crippen LogP contribution in [0.3, 0.4) is 0 Å². The predicted molar refractivity (Wildman–Crippen MR) is 112 cm³/mol. The number of benzene rings is 1. The Bertz CT molecular complexity index is 881.